The highest BCUT2D eigenvalue weighted by Gasteiger charge is 2.24. The molecule has 0 fully saturated rings. The first kappa shape index (κ1) is 12.5. The Morgan fingerprint density at radius 2 is 2.24 bits per heavy atom. The first-order valence-corrected chi connectivity index (χ1v) is 6.84. The van der Waals surface area contributed by atoms with Gasteiger partial charge >= 0.3 is 5.97 Å². The van der Waals surface area contributed by atoms with Gasteiger partial charge < -0.3 is 4.74 Å². The minimum absolute atomic E-state index is 0.138. The molecule has 1 aliphatic carbocycles. The van der Waals surface area contributed by atoms with Gasteiger partial charge in [0.15, 0.2) is 0 Å². The van der Waals surface area contributed by atoms with E-state index in [4.69, 9.17) is 4.74 Å². The van der Waals surface area contributed by atoms with Crippen molar-refractivity contribution >= 4 is 34.3 Å². The number of benzene rings is 1. The summed E-state index contributed by atoms with van der Waals surface area (Å²) < 4.78 is 5.22. The number of ether oxygens (including phenoxy) is 1. The zero-order valence-electron chi connectivity index (χ0n) is 9.53. The minimum atomic E-state index is -0.235. The SMILES string of the molecule is CCC(I)C(=O)Oc1cccc2c1CC(=O)C2. The van der Waals surface area contributed by atoms with Crippen LogP contribution in [0.2, 0.25) is 0 Å². The number of fused-ring (bicyclic) bond motifs is 1. The van der Waals surface area contributed by atoms with Crippen molar-refractivity contribution in [3.05, 3.63) is 29.3 Å². The molecule has 0 amide bonds. The third kappa shape index (κ3) is 2.68. The molecule has 0 aliphatic heterocycles. The summed E-state index contributed by atoms with van der Waals surface area (Å²) in [5.74, 6) is 0.499. The number of halogens is 1. The van der Waals surface area contributed by atoms with Gasteiger partial charge in [0.05, 0.1) is 0 Å². The monoisotopic (exact) mass is 344 g/mol. The molecule has 4 heteroatoms. The summed E-state index contributed by atoms with van der Waals surface area (Å²) in [4.78, 5) is 23.1. The summed E-state index contributed by atoms with van der Waals surface area (Å²) in [5.41, 5.74) is 1.87. The molecule has 1 aliphatic rings. The van der Waals surface area contributed by atoms with Crippen molar-refractivity contribution in [2.75, 3.05) is 0 Å². The fourth-order valence-electron chi connectivity index (χ4n) is 1.88. The zero-order valence-corrected chi connectivity index (χ0v) is 11.7. The summed E-state index contributed by atoms with van der Waals surface area (Å²) in [6.45, 7) is 1.94. The van der Waals surface area contributed by atoms with E-state index in [0.717, 1.165) is 17.5 Å². The summed E-state index contributed by atoms with van der Waals surface area (Å²) in [5, 5.41) is 0. The molecule has 17 heavy (non-hydrogen) atoms. The highest BCUT2D eigenvalue weighted by atomic mass is 127. The lowest BCUT2D eigenvalue weighted by molar-refractivity contribution is -0.133. The Bertz CT molecular complexity index is 468. The topological polar surface area (TPSA) is 43.4 Å². The van der Waals surface area contributed by atoms with E-state index < -0.39 is 0 Å². The van der Waals surface area contributed by atoms with Gasteiger partial charge in [0.25, 0.3) is 0 Å². The number of alkyl halides is 1. The van der Waals surface area contributed by atoms with Crippen molar-refractivity contribution in [3.63, 3.8) is 0 Å². The average Bonchev–Trinajstić information content (AvgIpc) is 2.69. The molecule has 0 saturated heterocycles. The minimum Gasteiger partial charge on any atom is -0.425 e. The van der Waals surface area contributed by atoms with E-state index in [-0.39, 0.29) is 15.7 Å². The third-order valence-corrected chi connectivity index (χ3v) is 4.21. The second-order valence-electron chi connectivity index (χ2n) is 4.08. The van der Waals surface area contributed by atoms with Crippen LogP contribution in [-0.2, 0) is 22.4 Å². The molecule has 3 nitrogen and oxygen atoms in total. The van der Waals surface area contributed by atoms with Crippen molar-refractivity contribution in [1.29, 1.82) is 0 Å². The maximum absolute atomic E-state index is 11.7. The highest BCUT2D eigenvalue weighted by molar-refractivity contribution is 14.1. The van der Waals surface area contributed by atoms with Gasteiger partial charge in [-0.2, -0.15) is 0 Å². The van der Waals surface area contributed by atoms with Crippen LogP contribution in [0, 0.1) is 0 Å². The Hall–Kier alpha value is -0.910. The molecule has 0 spiro atoms. The zero-order chi connectivity index (χ0) is 12.4. The Kier molecular flexibility index (Phi) is 3.81. The van der Waals surface area contributed by atoms with Crippen molar-refractivity contribution in [2.45, 2.75) is 30.1 Å². The normalized spacial score (nSPS) is 15.5. The van der Waals surface area contributed by atoms with Crippen LogP contribution in [-0.4, -0.2) is 15.7 Å². The number of esters is 1. The molecule has 0 N–H and O–H groups in total. The molecule has 1 atom stereocenters. The molecule has 0 saturated carbocycles. The Morgan fingerprint density at radius 1 is 1.47 bits per heavy atom. The van der Waals surface area contributed by atoms with Crippen molar-refractivity contribution in [2.24, 2.45) is 0 Å². The van der Waals surface area contributed by atoms with Gasteiger partial charge in [0, 0.05) is 18.4 Å². The largest absolute Gasteiger partial charge is 0.425 e. The Labute approximate surface area is 114 Å². The lowest BCUT2D eigenvalue weighted by atomic mass is 10.1. The van der Waals surface area contributed by atoms with E-state index in [0.29, 0.717) is 18.6 Å². The van der Waals surface area contributed by atoms with Gasteiger partial charge in [-0.15, -0.1) is 0 Å². The second kappa shape index (κ2) is 5.16. The van der Waals surface area contributed by atoms with E-state index in [1.54, 1.807) is 6.07 Å². The Morgan fingerprint density at radius 3 is 2.94 bits per heavy atom. The maximum atomic E-state index is 11.7. The van der Waals surface area contributed by atoms with Crippen LogP contribution in [0.25, 0.3) is 0 Å². The van der Waals surface area contributed by atoms with E-state index in [2.05, 4.69) is 22.6 Å². The van der Waals surface area contributed by atoms with Crippen molar-refractivity contribution in [3.8, 4) is 5.75 Å². The molecular formula is C13H13IO3. The number of carbonyl (C=O) groups is 2. The van der Waals surface area contributed by atoms with Crippen molar-refractivity contribution < 1.29 is 14.3 Å². The van der Waals surface area contributed by atoms with Crippen LogP contribution in [0.1, 0.15) is 24.5 Å². The van der Waals surface area contributed by atoms with Crippen LogP contribution < -0.4 is 4.74 Å². The molecule has 0 heterocycles. The maximum Gasteiger partial charge on any atom is 0.324 e. The van der Waals surface area contributed by atoms with E-state index in [1.165, 1.54) is 0 Å². The van der Waals surface area contributed by atoms with Crippen molar-refractivity contribution in [1.82, 2.24) is 0 Å². The van der Waals surface area contributed by atoms with Gasteiger partial charge in [0.1, 0.15) is 15.5 Å². The van der Waals surface area contributed by atoms with E-state index >= 15 is 0 Å². The molecule has 0 aromatic heterocycles. The number of hydrogen-bond acceptors (Lipinski definition) is 3. The van der Waals surface area contributed by atoms with Crippen LogP contribution >= 0.6 is 22.6 Å². The van der Waals surface area contributed by atoms with E-state index in [9.17, 15) is 9.59 Å². The predicted octanol–water partition coefficient (Wildman–Crippen LogP) is 2.47. The smallest absolute Gasteiger partial charge is 0.324 e. The second-order valence-corrected chi connectivity index (χ2v) is 5.59. The standard InChI is InChI=1S/C13H13IO3/c1-2-11(14)13(16)17-12-5-3-4-8-6-9(15)7-10(8)12/h3-5,11H,2,6-7H2,1H3. The quantitative estimate of drug-likeness (QED) is 0.366. The summed E-state index contributed by atoms with van der Waals surface area (Å²) in [6, 6.07) is 5.50. The van der Waals surface area contributed by atoms with Crippen LogP contribution in [0.5, 0.6) is 5.75 Å². The van der Waals surface area contributed by atoms with Crippen LogP contribution in [0.4, 0.5) is 0 Å². The van der Waals surface area contributed by atoms with Gasteiger partial charge in [-0.1, -0.05) is 41.6 Å². The summed E-state index contributed by atoms with van der Waals surface area (Å²) >= 11 is 2.07. The number of hydrogen-bond donors (Lipinski definition) is 0. The van der Waals surface area contributed by atoms with Gasteiger partial charge in [0.2, 0.25) is 0 Å². The van der Waals surface area contributed by atoms with Gasteiger partial charge in [-0.3, -0.25) is 9.59 Å². The molecule has 2 rings (SSSR count). The van der Waals surface area contributed by atoms with Crippen LogP contribution in [0.15, 0.2) is 18.2 Å². The van der Waals surface area contributed by atoms with Gasteiger partial charge in [-0.05, 0) is 18.1 Å². The molecule has 0 bridgehead atoms. The number of carbonyl (C=O) groups excluding carboxylic acids is 2. The number of ketones is 1. The third-order valence-electron chi connectivity index (χ3n) is 2.82. The lowest BCUT2D eigenvalue weighted by Gasteiger charge is -2.10. The molecule has 1 aromatic carbocycles. The van der Waals surface area contributed by atoms with E-state index in [1.807, 2.05) is 19.1 Å². The fraction of sp³-hybridized carbons (Fsp3) is 0.385. The molecule has 90 valence electrons. The molecule has 0 radical (unpaired) electrons. The van der Waals surface area contributed by atoms with Crippen LogP contribution in [0.3, 0.4) is 0 Å². The predicted molar refractivity (Wildman–Crippen MR) is 72.6 cm³/mol. The fourth-order valence-corrected chi connectivity index (χ4v) is 2.01. The Balaban J connectivity index is 2.21. The summed E-state index contributed by atoms with van der Waals surface area (Å²) in [6.07, 6.45) is 1.59. The molecular weight excluding hydrogens is 331 g/mol. The van der Waals surface area contributed by atoms with Gasteiger partial charge in [-0.25, -0.2) is 0 Å². The summed E-state index contributed by atoms with van der Waals surface area (Å²) in [7, 11) is 0. The average molecular weight is 344 g/mol. The number of Topliss-reactive ketones (excluding diaryl/α,β-unsaturated/α-hetero) is 1. The first-order valence-electron chi connectivity index (χ1n) is 5.60. The molecule has 1 aromatic rings. The highest BCUT2D eigenvalue weighted by Crippen LogP contribution is 2.29. The lowest BCUT2D eigenvalue weighted by Crippen LogP contribution is -2.20. The first-order chi connectivity index (χ1) is 8.11. The number of rotatable bonds is 3. The molecule has 1 unspecified atom stereocenters.